The zero-order valence-corrected chi connectivity index (χ0v) is 7.53. The Morgan fingerprint density at radius 2 is 2.08 bits per heavy atom. The predicted octanol–water partition coefficient (Wildman–Crippen LogP) is 1.00. The number of carboxylic acid groups (broad SMARTS) is 1. The molecule has 2 atom stereocenters. The summed E-state index contributed by atoms with van der Waals surface area (Å²) >= 11 is 0. The van der Waals surface area contributed by atoms with E-state index in [9.17, 15) is 4.79 Å². The maximum Gasteiger partial charge on any atom is 0.306 e. The molecule has 0 radical (unpaired) electrons. The lowest BCUT2D eigenvalue weighted by atomic mass is 10.2. The molecule has 1 aliphatic heterocycles. The second-order valence-corrected chi connectivity index (χ2v) is 3.48. The molecule has 1 rings (SSSR count). The van der Waals surface area contributed by atoms with Gasteiger partial charge in [-0.1, -0.05) is 0 Å². The van der Waals surface area contributed by atoms with Gasteiger partial charge in [0.1, 0.15) is 0 Å². The quantitative estimate of drug-likeness (QED) is 0.678. The molecule has 4 nitrogen and oxygen atoms in total. The molecule has 1 fully saturated rings. The average molecular weight is 174 g/mol. The van der Waals surface area contributed by atoms with Crippen LogP contribution in [0.25, 0.3) is 0 Å². The molecule has 70 valence electrons. The third-order valence-corrected chi connectivity index (χ3v) is 1.80. The van der Waals surface area contributed by atoms with E-state index < -0.39 is 11.8 Å². The molecule has 0 amide bonds. The Morgan fingerprint density at radius 1 is 1.50 bits per heavy atom. The Morgan fingerprint density at radius 3 is 2.42 bits per heavy atom. The van der Waals surface area contributed by atoms with Crippen molar-refractivity contribution < 1.29 is 19.4 Å². The molecule has 0 aromatic carbocycles. The molecule has 0 aromatic rings. The highest BCUT2D eigenvalue weighted by Gasteiger charge is 2.39. The summed E-state index contributed by atoms with van der Waals surface area (Å²) in [6.07, 6.45) is -0.460. The standard InChI is InChI=1S/C8H14O4/c1-5-6(4-7(9)10)12-8(2,3)11-5/h5-6H,4H2,1-3H3,(H,9,10)/t5-,6+/m0/s1. The fourth-order valence-electron chi connectivity index (χ4n) is 1.39. The highest BCUT2D eigenvalue weighted by Crippen LogP contribution is 2.29. The third kappa shape index (κ3) is 2.19. The topological polar surface area (TPSA) is 55.8 Å². The number of rotatable bonds is 2. The number of carboxylic acids is 1. The van der Waals surface area contributed by atoms with Gasteiger partial charge in [-0.25, -0.2) is 0 Å². The van der Waals surface area contributed by atoms with Crippen LogP contribution < -0.4 is 0 Å². The smallest absolute Gasteiger partial charge is 0.306 e. The van der Waals surface area contributed by atoms with Crippen molar-refractivity contribution in [3.63, 3.8) is 0 Å². The Hall–Kier alpha value is -0.610. The second-order valence-electron chi connectivity index (χ2n) is 3.48. The molecule has 0 unspecified atom stereocenters. The molecule has 0 spiro atoms. The van der Waals surface area contributed by atoms with Crippen LogP contribution in [0.1, 0.15) is 27.2 Å². The lowest BCUT2D eigenvalue weighted by Crippen LogP contribution is -2.23. The molecule has 0 saturated carbocycles. The minimum absolute atomic E-state index is 0.00456. The summed E-state index contributed by atoms with van der Waals surface area (Å²) in [6.45, 7) is 5.39. The van der Waals surface area contributed by atoms with Crippen LogP contribution >= 0.6 is 0 Å². The van der Waals surface area contributed by atoms with Crippen molar-refractivity contribution in [2.45, 2.75) is 45.2 Å². The summed E-state index contributed by atoms with van der Waals surface area (Å²) in [5, 5.41) is 8.53. The molecular formula is C8H14O4. The number of ether oxygens (including phenoxy) is 2. The molecule has 4 heteroatoms. The van der Waals surface area contributed by atoms with Gasteiger partial charge in [0.15, 0.2) is 5.79 Å². The van der Waals surface area contributed by atoms with Gasteiger partial charge in [0, 0.05) is 0 Å². The van der Waals surface area contributed by atoms with Crippen molar-refractivity contribution in [1.82, 2.24) is 0 Å². The largest absolute Gasteiger partial charge is 0.481 e. The first-order valence-electron chi connectivity index (χ1n) is 3.98. The van der Waals surface area contributed by atoms with Crippen LogP contribution in [0.5, 0.6) is 0 Å². The summed E-state index contributed by atoms with van der Waals surface area (Å²) in [6, 6.07) is 0. The van der Waals surface area contributed by atoms with E-state index in [-0.39, 0.29) is 18.6 Å². The van der Waals surface area contributed by atoms with Crippen LogP contribution in [0, 0.1) is 0 Å². The number of hydrogen-bond acceptors (Lipinski definition) is 3. The first kappa shape index (κ1) is 9.48. The SMILES string of the molecule is C[C@@H]1OC(C)(C)O[C@@H]1CC(=O)O. The van der Waals surface area contributed by atoms with E-state index in [4.69, 9.17) is 14.6 Å². The van der Waals surface area contributed by atoms with E-state index in [2.05, 4.69) is 0 Å². The van der Waals surface area contributed by atoms with Gasteiger partial charge in [0.05, 0.1) is 18.6 Å². The van der Waals surface area contributed by atoms with Crippen molar-refractivity contribution in [2.75, 3.05) is 0 Å². The van der Waals surface area contributed by atoms with Crippen LogP contribution in [0.15, 0.2) is 0 Å². The van der Waals surface area contributed by atoms with Crippen molar-refractivity contribution in [2.24, 2.45) is 0 Å². The van der Waals surface area contributed by atoms with E-state index in [0.29, 0.717) is 0 Å². The summed E-state index contributed by atoms with van der Waals surface area (Å²) in [7, 11) is 0. The molecule has 0 aromatic heterocycles. The van der Waals surface area contributed by atoms with Gasteiger partial charge in [-0.3, -0.25) is 4.79 Å². The van der Waals surface area contributed by atoms with E-state index >= 15 is 0 Å². The highest BCUT2D eigenvalue weighted by atomic mass is 16.7. The van der Waals surface area contributed by atoms with Gasteiger partial charge in [-0.15, -0.1) is 0 Å². The minimum Gasteiger partial charge on any atom is -0.481 e. The molecule has 12 heavy (non-hydrogen) atoms. The molecule has 1 N–H and O–H groups in total. The number of aliphatic carboxylic acids is 1. The normalized spacial score (nSPS) is 33.6. The lowest BCUT2D eigenvalue weighted by molar-refractivity contribution is -0.152. The predicted molar refractivity (Wildman–Crippen MR) is 41.8 cm³/mol. The van der Waals surface area contributed by atoms with Crippen molar-refractivity contribution in [3.05, 3.63) is 0 Å². The highest BCUT2D eigenvalue weighted by molar-refractivity contribution is 5.67. The first-order chi connectivity index (χ1) is 5.41. The summed E-state index contributed by atoms with van der Waals surface area (Å²) in [4.78, 5) is 10.4. The molecule has 0 aliphatic carbocycles. The summed E-state index contributed by atoms with van der Waals surface area (Å²) < 4.78 is 10.7. The third-order valence-electron chi connectivity index (χ3n) is 1.80. The maximum absolute atomic E-state index is 10.4. The summed E-state index contributed by atoms with van der Waals surface area (Å²) in [5.74, 6) is -1.49. The molecule has 1 saturated heterocycles. The van der Waals surface area contributed by atoms with Crippen molar-refractivity contribution >= 4 is 5.97 Å². The first-order valence-corrected chi connectivity index (χ1v) is 3.98. The Balaban J connectivity index is 2.52. The van der Waals surface area contributed by atoms with Gasteiger partial charge in [-0.05, 0) is 20.8 Å². The monoisotopic (exact) mass is 174 g/mol. The molecule has 1 aliphatic rings. The van der Waals surface area contributed by atoms with Gasteiger partial charge >= 0.3 is 5.97 Å². The molecule has 1 heterocycles. The zero-order chi connectivity index (χ0) is 9.35. The lowest BCUT2D eigenvalue weighted by Gasteiger charge is -2.16. The summed E-state index contributed by atoms with van der Waals surface area (Å²) in [5.41, 5.74) is 0. The Labute approximate surface area is 71.5 Å². The number of carbonyl (C=O) groups is 1. The second kappa shape index (κ2) is 3.03. The van der Waals surface area contributed by atoms with Gasteiger partial charge in [0.25, 0.3) is 0 Å². The van der Waals surface area contributed by atoms with Crippen molar-refractivity contribution in [1.29, 1.82) is 0 Å². The van der Waals surface area contributed by atoms with Crippen LogP contribution in [-0.4, -0.2) is 29.1 Å². The van der Waals surface area contributed by atoms with Crippen LogP contribution in [0.4, 0.5) is 0 Å². The maximum atomic E-state index is 10.4. The zero-order valence-electron chi connectivity index (χ0n) is 7.53. The van der Waals surface area contributed by atoms with E-state index in [1.165, 1.54) is 0 Å². The minimum atomic E-state index is -0.854. The van der Waals surface area contributed by atoms with Gasteiger partial charge in [-0.2, -0.15) is 0 Å². The van der Waals surface area contributed by atoms with E-state index in [1.54, 1.807) is 13.8 Å². The fraction of sp³-hybridized carbons (Fsp3) is 0.875. The number of hydrogen-bond donors (Lipinski definition) is 1. The van der Waals surface area contributed by atoms with Crippen LogP contribution in [0.2, 0.25) is 0 Å². The van der Waals surface area contributed by atoms with E-state index in [0.717, 1.165) is 0 Å². The molecule has 0 bridgehead atoms. The van der Waals surface area contributed by atoms with Gasteiger partial charge in [0.2, 0.25) is 0 Å². The van der Waals surface area contributed by atoms with Crippen LogP contribution in [-0.2, 0) is 14.3 Å². The average Bonchev–Trinajstić information content (AvgIpc) is 2.03. The van der Waals surface area contributed by atoms with Crippen LogP contribution in [0.3, 0.4) is 0 Å². The van der Waals surface area contributed by atoms with Gasteiger partial charge < -0.3 is 14.6 Å². The fourth-order valence-corrected chi connectivity index (χ4v) is 1.39. The Bertz CT molecular complexity index is 187. The van der Waals surface area contributed by atoms with E-state index in [1.807, 2.05) is 6.92 Å². The Kier molecular flexibility index (Phi) is 2.39. The van der Waals surface area contributed by atoms with Crippen molar-refractivity contribution in [3.8, 4) is 0 Å². The molecular weight excluding hydrogens is 160 g/mol.